The molecule has 0 aliphatic heterocycles. The summed E-state index contributed by atoms with van der Waals surface area (Å²) in [6.45, 7) is 4.69. The van der Waals surface area contributed by atoms with Crippen LogP contribution in [-0.4, -0.2) is 23.8 Å². The number of benzene rings is 2. The highest BCUT2D eigenvalue weighted by atomic mass is 16.5. The highest BCUT2D eigenvalue weighted by Crippen LogP contribution is 2.28. The fraction of sp³-hybridized carbons (Fsp3) is 0.433. The number of nitrogens with zero attached hydrogens (tertiary/aromatic N) is 1. The van der Waals surface area contributed by atoms with Crippen molar-refractivity contribution in [1.29, 1.82) is 0 Å². The SMILES string of the molecule is C=CC(=O)OCCCCCCCCCCCCOc1ccc(-c2cc3ccccc3n2C)cc1. The second-order valence-electron chi connectivity index (χ2n) is 8.93. The number of rotatable bonds is 16. The molecule has 2 aromatic carbocycles. The molecule has 0 amide bonds. The number of aromatic nitrogens is 1. The highest BCUT2D eigenvalue weighted by Gasteiger charge is 2.07. The van der Waals surface area contributed by atoms with E-state index in [9.17, 15) is 4.79 Å². The molecule has 182 valence electrons. The fourth-order valence-electron chi connectivity index (χ4n) is 4.33. The summed E-state index contributed by atoms with van der Waals surface area (Å²) >= 11 is 0. The zero-order valence-corrected chi connectivity index (χ0v) is 20.6. The van der Waals surface area contributed by atoms with Crippen LogP contribution in [0.2, 0.25) is 0 Å². The van der Waals surface area contributed by atoms with Crippen molar-refractivity contribution in [3.05, 3.63) is 67.3 Å². The summed E-state index contributed by atoms with van der Waals surface area (Å²) in [4.78, 5) is 10.9. The summed E-state index contributed by atoms with van der Waals surface area (Å²) in [6, 6.07) is 19.2. The molecule has 1 aromatic heterocycles. The van der Waals surface area contributed by atoms with E-state index in [2.05, 4.69) is 72.8 Å². The van der Waals surface area contributed by atoms with Gasteiger partial charge in [-0.3, -0.25) is 0 Å². The van der Waals surface area contributed by atoms with Gasteiger partial charge in [-0.1, -0.05) is 76.1 Å². The molecular formula is C30H39NO3. The molecular weight excluding hydrogens is 422 g/mol. The van der Waals surface area contributed by atoms with Crippen LogP contribution in [0.25, 0.3) is 22.2 Å². The third-order valence-corrected chi connectivity index (χ3v) is 6.32. The van der Waals surface area contributed by atoms with Gasteiger partial charge in [0, 0.05) is 29.7 Å². The topological polar surface area (TPSA) is 40.5 Å². The summed E-state index contributed by atoms with van der Waals surface area (Å²) in [5.74, 6) is 0.627. The maximum Gasteiger partial charge on any atom is 0.330 e. The van der Waals surface area contributed by atoms with Gasteiger partial charge < -0.3 is 14.0 Å². The second-order valence-corrected chi connectivity index (χ2v) is 8.93. The van der Waals surface area contributed by atoms with Crippen molar-refractivity contribution in [2.45, 2.75) is 64.2 Å². The largest absolute Gasteiger partial charge is 0.494 e. The number of ether oxygens (including phenoxy) is 2. The van der Waals surface area contributed by atoms with E-state index < -0.39 is 0 Å². The molecule has 0 bridgehead atoms. The molecule has 0 N–H and O–H groups in total. The molecule has 0 aliphatic carbocycles. The summed E-state index contributed by atoms with van der Waals surface area (Å²) < 4.78 is 13.2. The first-order valence-corrected chi connectivity index (χ1v) is 12.8. The first-order chi connectivity index (χ1) is 16.7. The fourth-order valence-corrected chi connectivity index (χ4v) is 4.33. The molecule has 0 fully saturated rings. The molecule has 34 heavy (non-hydrogen) atoms. The number of hydrogen-bond acceptors (Lipinski definition) is 3. The minimum atomic E-state index is -0.319. The maximum absolute atomic E-state index is 10.9. The van der Waals surface area contributed by atoms with Crippen LogP contribution in [0.15, 0.2) is 67.3 Å². The van der Waals surface area contributed by atoms with E-state index in [0.29, 0.717) is 6.61 Å². The van der Waals surface area contributed by atoms with Gasteiger partial charge in [-0.25, -0.2) is 4.79 Å². The van der Waals surface area contributed by atoms with Crippen LogP contribution >= 0.6 is 0 Å². The molecule has 0 spiro atoms. The number of hydrogen-bond donors (Lipinski definition) is 0. The summed E-state index contributed by atoms with van der Waals surface area (Å²) in [6.07, 6.45) is 13.3. The lowest BCUT2D eigenvalue weighted by Gasteiger charge is -2.08. The van der Waals surface area contributed by atoms with Gasteiger partial charge in [-0.15, -0.1) is 0 Å². The standard InChI is InChI=1S/C30H39NO3/c1-3-30(32)34-23-15-11-9-7-5-4-6-8-10-14-22-33-27-20-18-25(19-21-27)29-24-26-16-12-13-17-28(26)31(29)2/h3,12-13,16-21,24H,1,4-11,14-15,22-23H2,2H3. The number of fused-ring (bicyclic) bond motifs is 1. The Balaban J connectivity index is 1.21. The number of carbonyl (C=O) groups excluding carboxylic acids is 1. The number of para-hydroxylation sites is 1. The number of esters is 1. The summed E-state index contributed by atoms with van der Waals surface area (Å²) in [5.41, 5.74) is 3.69. The van der Waals surface area contributed by atoms with Crippen LogP contribution in [0, 0.1) is 0 Å². The molecule has 0 saturated heterocycles. The predicted molar refractivity (Wildman–Crippen MR) is 141 cm³/mol. The van der Waals surface area contributed by atoms with Crippen molar-refractivity contribution < 1.29 is 14.3 Å². The lowest BCUT2D eigenvalue weighted by Crippen LogP contribution is -2.01. The van der Waals surface area contributed by atoms with Gasteiger partial charge in [0.2, 0.25) is 0 Å². The molecule has 4 heteroatoms. The molecule has 0 radical (unpaired) electrons. The van der Waals surface area contributed by atoms with E-state index in [1.807, 2.05) is 0 Å². The van der Waals surface area contributed by atoms with E-state index in [0.717, 1.165) is 31.6 Å². The van der Waals surface area contributed by atoms with Crippen LogP contribution in [-0.2, 0) is 16.6 Å². The van der Waals surface area contributed by atoms with Crippen LogP contribution in [0.1, 0.15) is 64.2 Å². The van der Waals surface area contributed by atoms with Crippen LogP contribution < -0.4 is 4.74 Å². The van der Waals surface area contributed by atoms with E-state index in [4.69, 9.17) is 9.47 Å². The third-order valence-electron chi connectivity index (χ3n) is 6.32. The van der Waals surface area contributed by atoms with Gasteiger partial charge in [-0.05, 0) is 54.8 Å². The van der Waals surface area contributed by atoms with E-state index in [1.54, 1.807) is 0 Å². The Bertz CT molecular complexity index is 1020. The quantitative estimate of drug-likeness (QED) is 0.124. The minimum absolute atomic E-state index is 0.319. The van der Waals surface area contributed by atoms with Gasteiger partial charge in [-0.2, -0.15) is 0 Å². The first kappa shape index (κ1) is 25.6. The molecule has 3 rings (SSSR count). The lowest BCUT2D eigenvalue weighted by molar-refractivity contribution is -0.137. The van der Waals surface area contributed by atoms with Gasteiger partial charge >= 0.3 is 5.97 Å². The van der Waals surface area contributed by atoms with Crippen LogP contribution in [0.5, 0.6) is 5.75 Å². The molecule has 3 aromatic rings. The van der Waals surface area contributed by atoms with Crippen LogP contribution in [0.3, 0.4) is 0 Å². The summed E-state index contributed by atoms with van der Waals surface area (Å²) in [7, 11) is 2.12. The Morgan fingerprint density at radius 1 is 0.824 bits per heavy atom. The maximum atomic E-state index is 10.9. The van der Waals surface area contributed by atoms with Crippen molar-refractivity contribution in [2.24, 2.45) is 7.05 Å². The number of aryl methyl sites for hydroxylation is 1. The third kappa shape index (κ3) is 8.09. The molecule has 0 aliphatic rings. The van der Waals surface area contributed by atoms with E-state index >= 15 is 0 Å². The van der Waals surface area contributed by atoms with Crippen molar-refractivity contribution in [2.75, 3.05) is 13.2 Å². The van der Waals surface area contributed by atoms with Crippen molar-refractivity contribution in [1.82, 2.24) is 4.57 Å². The number of carbonyl (C=O) groups is 1. The Kier molecular flexibility index (Phi) is 10.8. The average molecular weight is 462 g/mol. The van der Waals surface area contributed by atoms with Gasteiger partial charge in [0.25, 0.3) is 0 Å². The van der Waals surface area contributed by atoms with Gasteiger partial charge in [0.1, 0.15) is 5.75 Å². The Morgan fingerprint density at radius 2 is 1.41 bits per heavy atom. The lowest BCUT2D eigenvalue weighted by atomic mass is 10.1. The molecule has 1 heterocycles. The van der Waals surface area contributed by atoms with E-state index in [-0.39, 0.29) is 5.97 Å². The van der Waals surface area contributed by atoms with Crippen molar-refractivity contribution in [3.8, 4) is 17.0 Å². The predicted octanol–water partition coefficient (Wildman–Crippen LogP) is 7.85. The van der Waals surface area contributed by atoms with Crippen molar-refractivity contribution in [3.63, 3.8) is 0 Å². The Morgan fingerprint density at radius 3 is 2.03 bits per heavy atom. The minimum Gasteiger partial charge on any atom is -0.494 e. The van der Waals surface area contributed by atoms with Gasteiger partial charge in [0.15, 0.2) is 0 Å². The van der Waals surface area contributed by atoms with Gasteiger partial charge in [0.05, 0.1) is 13.2 Å². The molecule has 0 saturated carbocycles. The zero-order chi connectivity index (χ0) is 24.0. The summed E-state index contributed by atoms with van der Waals surface area (Å²) in [5, 5.41) is 1.27. The van der Waals surface area contributed by atoms with Crippen LogP contribution in [0.4, 0.5) is 0 Å². The normalized spacial score (nSPS) is 11.0. The Hall–Kier alpha value is -3.01. The molecule has 4 nitrogen and oxygen atoms in total. The van der Waals surface area contributed by atoms with E-state index in [1.165, 1.54) is 73.2 Å². The molecule has 0 unspecified atom stereocenters. The van der Waals surface area contributed by atoms with Crippen molar-refractivity contribution >= 4 is 16.9 Å². The first-order valence-electron chi connectivity index (χ1n) is 12.8. The number of unbranched alkanes of at least 4 members (excludes halogenated alkanes) is 9. The highest BCUT2D eigenvalue weighted by molar-refractivity contribution is 5.87. The monoisotopic (exact) mass is 461 g/mol. The smallest absolute Gasteiger partial charge is 0.330 e. The molecule has 0 atom stereocenters. The average Bonchev–Trinajstić information content (AvgIpc) is 3.21. The second kappa shape index (κ2) is 14.3. The zero-order valence-electron chi connectivity index (χ0n) is 20.6. The Labute approximate surface area is 204 Å².